The van der Waals surface area contributed by atoms with Crippen LogP contribution in [0.3, 0.4) is 0 Å². The van der Waals surface area contributed by atoms with Crippen LogP contribution in [0.1, 0.15) is 36.2 Å². The highest BCUT2D eigenvalue weighted by molar-refractivity contribution is 5.98. The Balaban J connectivity index is 1.17. The molecular formula is C28H31N7O2. The number of carbonyl (C=O) groups excluding carboxylic acids is 1. The molecule has 3 aromatic heterocycles. The quantitative estimate of drug-likeness (QED) is 0.405. The minimum absolute atomic E-state index is 0.0430. The van der Waals surface area contributed by atoms with Crippen LogP contribution < -0.4 is 10.1 Å². The number of nitrogens with zero attached hydrogens (tertiary/aromatic N) is 5. The molecule has 0 spiro atoms. The third-order valence-corrected chi connectivity index (χ3v) is 7.15. The van der Waals surface area contributed by atoms with Crippen LogP contribution in [-0.4, -0.2) is 75.0 Å². The van der Waals surface area contributed by atoms with Gasteiger partial charge in [-0.15, -0.1) is 0 Å². The van der Waals surface area contributed by atoms with Gasteiger partial charge in [0.1, 0.15) is 11.4 Å². The summed E-state index contributed by atoms with van der Waals surface area (Å²) in [4.78, 5) is 34.0. The molecule has 9 nitrogen and oxygen atoms in total. The molecule has 2 N–H and O–H groups in total. The molecule has 2 fully saturated rings. The van der Waals surface area contributed by atoms with Crippen molar-refractivity contribution in [3.05, 3.63) is 60.6 Å². The highest BCUT2D eigenvalue weighted by atomic mass is 16.5. The van der Waals surface area contributed by atoms with Gasteiger partial charge in [0, 0.05) is 61.2 Å². The van der Waals surface area contributed by atoms with E-state index in [9.17, 15) is 4.79 Å². The largest absolute Gasteiger partial charge is 0.490 e. The lowest BCUT2D eigenvalue weighted by Crippen LogP contribution is -2.47. The predicted molar refractivity (Wildman–Crippen MR) is 143 cm³/mol. The number of benzene rings is 1. The van der Waals surface area contributed by atoms with Gasteiger partial charge in [0.05, 0.1) is 17.5 Å². The fourth-order valence-electron chi connectivity index (χ4n) is 5.02. The molecule has 0 radical (unpaired) electrons. The van der Waals surface area contributed by atoms with Crippen molar-refractivity contribution < 1.29 is 9.53 Å². The van der Waals surface area contributed by atoms with Crippen molar-refractivity contribution in [1.82, 2.24) is 29.7 Å². The summed E-state index contributed by atoms with van der Waals surface area (Å²) in [5, 5.41) is 4.25. The zero-order valence-corrected chi connectivity index (χ0v) is 21.0. The lowest BCUT2D eigenvalue weighted by atomic mass is 10.2. The van der Waals surface area contributed by atoms with Gasteiger partial charge in [-0.2, -0.15) is 0 Å². The highest BCUT2D eigenvalue weighted by Gasteiger charge is 2.22. The number of aromatic amines is 1. The van der Waals surface area contributed by atoms with E-state index in [-0.39, 0.29) is 5.91 Å². The molecule has 0 unspecified atom stereocenters. The summed E-state index contributed by atoms with van der Waals surface area (Å²) in [6.07, 6.45) is 8.44. The molecule has 1 saturated heterocycles. The molecule has 1 aromatic carbocycles. The molecule has 190 valence electrons. The second kappa shape index (κ2) is 10.2. The molecule has 9 heteroatoms. The lowest BCUT2D eigenvalue weighted by Gasteiger charge is -2.32. The summed E-state index contributed by atoms with van der Waals surface area (Å²) in [6, 6.07) is 13.5. The second-order valence-corrected chi connectivity index (χ2v) is 9.87. The number of likely N-dealkylation sites (N-methyl/N-ethyl adjacent to an activating group) is 1. The number of hydrogen-bond acceptors (Lipinski definition) is 7. The van der Waals surface area contributed by atoms with Crippen molar-refractivity contribution in [2.75, 3.05) is 38.5 Å². The summed E-state index contributed by atoms with van der Waals surface area (Å²) >= 11 is 0. The average molecular weight is 498 g/mol. The number of rotatable bonds is 6. The van der Waals surface area contributed by atoms with Crippen LogP contribution in [-0.2, 0) is 0 Å². The zero-order chi connectivity index (χ0) is 25.2. The molecule has 1 saturated carbocycles. The first-order valence-electron chi connectivity index (χ1n) is 12.9. The molecule has 4 aromatic rings. The Morgan fingerprint density at radius 3 is 2.62 bits per heavy atom. The first-order valence-corrected chi connectivity index (χ1v) is 12.9. The Bertz CT molecular complexity index is 1400. The maximum atomic E-state index is 13.0. The molecule has 1 amide bonds. The third-order valence-electron chi connectivity index (χ3n) is 7.15. The Hall–Kier alpha value is -3.98. The van der Waals surface area contributed by atoms with Gasteiger partial charge in [0.2, 0.25) is 5.95 Å². The average Bonchev–Trinajstić information content (AvgIpc) is 3.59. The summed E-state index contributed by atoms with van der Waals surface area (Å²) in [7, 11) is 2.08. The van der Waals surface area contributed by atoms with Gasteiger partial charge in [0.15, 0.2) is 0 Å². The number of piperazine rings is 1. The first kappa shape index (κ1) is 23.4. The molecule has 0 bridgehead atoms. The maximum Gasteiger partial charge on any atom is 0.270 e. The van der Waals surface area contributed by atoms with Crippen LogP contribution >= 0.6 is 0 Å². The lowest BCUT2D eigenvalue weighted by molar-refractivity contribution is 0.0659. The van der Waals surface area contributed by atoms with E-state index in [0.717, 1.165) is 72.7 Å². The molecule has 2 aliphatic rings. The number of H-pyrrole nitrogens is 1. The third kappa shape index (κ3) is 5.27. The Morgan fingerprint density at radius 2 is 1.78 bits per heavy atom. The number of aromatic nitrogens is 4. The Kier molecular flexibility index (Phi) is 6.44. The predicted octanol–water partition coefficient (Wildman–Crippen LogP) is 4.47. The summed E-state index contributed by atoms with van der Waals surface area (Å²) in [5.74, 6) is 1.34. The van der Waals surface area contributed by atoms with E-state index < -0.39 is 0 Å². The van der Waals surface area contributed by atoms with E-state index in [1.54, 1.807) is 12.4 Å². The van der Waals surface area contributed by atoms with E-state index >= 15 is 0 Å². The molecule has 37 heavy (non-hydrogen) atoms. The summed E-state index contributed by atoms with van der Waals surface area (Å²) in [5.41, 5.74) is 3.83. The molecule has 4 heterocycles. The molecular weight excluding hydrogens is 466 g/mol. The van der Waals surface area contributed by atoms with Crippen molar-refractivity contribution in [3.8, 4) is 17.1 Å². The van der Waals surface area contributed by atoms with Crippen LogP contribution in [0.25, 0.3) is 22.3 Å². The number of carbonyl (C=O) groups is 1. The van der Waals surface area contributed by atoms with Crippen molar-refractivity contribution >= 4 is 28.4 Å². The first-order chi connectivity index (χ1) is 18.1. The number of fused-ring (bicyclic) bond motifs is 1. The van der Waals surface area contributed by atoms with E-state index in [4.69, 9.17) is 4.74 Å². The molecule has 1 aliphatic heterocycles. The van der Waals surface area contributed by atoms with Gasteiger partial charge < -0.3 is 24.8 Å². The Morgan fingerprint density at radius 1 is 0.973 bits per heavy atom. The fraction of sp³-hybridized carbons (Fsp3) is 0.357. The number of anilines is 2. The molecule has 1 aliphatic carbocycles. The monoisotopic (exact) mass is 497 g/mol. The van der Waals surface area contributed by atoms with Crippen LogP contribution in [0.15, 0.2) is 54.9 Å². The topological polar surface area (TPSA) is 99.3 Å². The SMILES string of the molecule is CN1CCN(C(=O)c2cc3cc(Nc4nccc(-c5cc(OC6CCCC6)ccn5)n4)ccc3[nH]2)CC1. The van der Waals surface area contributed by atoms with Crippen molar-refractivity contribution in [3.63, 3.8) is 0 Å². The standard InChI is InChI=1S/C28H31N7O2/c1-34-12-14-35(15-13-34)27(36)26-17-19-16-20(6-7-23(19)32-26)31-28-30-11-9-24(33-28)25-18-22(8-10-29-25)37-21-4-2-3-5-21/h6-11,16-18,21,32H,2-5,12-15H2,1H3,(H,30,31,33). The van der Waals surface area contributed by atoms with Gasteiger partial charge in [-0.1, -0.05) is 0 Å². The molecule has 0 atom stereocenters. The maximum absolute atomic E-state index is 13.0. The summed E-state index contributed by atoms with van der Waals surface area (Å²) < 4.78 is 6.14. The van der Waals surface area contributed by atoms with Gasteiger partial charge >= 0.3 is 0 Å². The van der Waals surface area contributed by atoms with Crippen LogP contribution in [0.5, 0.6) is 5.75 Å². The van der Waals surface area contributed by atoms with Crippen molar-refractivity contribution in [1.29, 1.82) is 0 Å². The molecule has 6 rings (SSSR count). The number of hydrogen-bond donors (Lipinski definition) is 2. The number of ether oxygens (including phenoxy) is 1. The number of pyridine rings is 1. The van der Waals surface area contributed by atoms with Crippen LogP contribution in [0, 0.1) is 0 Å². The second-order valence-electron chi connectivity index (χ2n) is 9.87. The zero-order valence-electron chi connectivity index (χ0n) is 21.0. The summed E-state index contributed by atoms with van der Waals surface area (Å²) in [6.45, 7) is 3.28. The Labute approximate surface area is 215 Å². The smallest absolute Gasteiger partial charge is 0.270 e. The van der Waals surface area contributed by atoms with E-state index in [1.165, 1.54) is 12.8 Å². The number of amides is 1. The van der Waals surface area contributed by atoms with Crippen LogP contribution in [0.4, 0.5) is 11.6 Å². The van der Waals surface area contributed by atoms with Crippen LogP contribution in [0.2, 0.25) is 0 Å². The normalized spacial score (nSPS) is 16.8. The van der Waals surface area contributed by atoms with Gasteiger partial charge in [-0.3, -0.25) is 9.78 Å². The fourth-order valence-corrected chi connectivity index (χ4v) is 5.02. The van der Waals surface area contributed by atoms with Crippen molar-refractivity contribution in [2.24, 2.45) is 0 Å². The van der Waals surface area contributed by atoms with E-state index in [2.05, 4.69) is 37.2 Å². The minimum Gasteiger partial charge on any atom is -0.490 e. The minimum atomic E-state index is 0.0430. The van der Waals surface area contributed by atoms with Gasteiger partial charge in [0.25, 0.3) is 5.91 Å². The number of nitrogens with one attached hydrogen (secondary N) is 2. The van der Waals surface area contributed by atoms with Crippen molar-refractivity contribution in [2.45, 2.75) is 31.8 Å². The highest BCUT2D eigenvalue weighted by Crippen LogP contribution is 2.27. The van der Waals surface area contributed by atoms with E-state index in [0.29, 0.717) is 17.7 Å². The van der Waals surface area contributed by atoms with Gasteiger partial charge in [-0.25, -0.2) is 9.97 Å². The van der Waals surface area contributed by atoms with Gasteiger partial charge in [-0.05, 0) is 69.1 Å². The van der Waals surface area contributed by atoms with E-state index in [1.807, 2.05) is 47.4 Å².